The lowest BCUT2D eigenvalue weighted by Gasteiger charge is -2.29. The minimum absolute atomic E-state index is 0.0143. The standard InChI is InChI=1S/C36H60N14O18/c1-16(35(67)68)43-33(65)23-5-3-7-50(23)34(66)22(15-54)49-30(62)18(8-27(58)59)45-26(57)11-41-28(60)17(4-2-6-40-36(38)39)44-25(56)10-42-29(61)19(12-51)47-32(64)21(14-53)48-31(63)20(13-52)46-24(55)9-37/h16-23,51-54H,2-15,37H2,1H3,(H,41,60)(H,42,61)(H,43,65)(H,44,56)(H,45,57)(H,46,55)(H,47,64)(H,48,63)(H,49,62)(H,58,59)(H,67,68)(H4,38,39,40)/t16-,17-,18-,19-,20-,21-,22-,23-/m0/s1. The molecule has 1 rings (SSSR count). The van der Waals surface area contributed by atoms with Crippen molar-refractivity contribution in [2.45, 2.75) is 87.4 Å². The predicted octanol–water partition coefficient (Wildman–Crippen LogP) is -11.8. The third-order valence-corrected chi connectivity index (χ3v) is 9.49. The molecule has 0 radical (unpaired) electrons. The van der Waals surface area contributed by atoms with Crippen LogP contribution < -0.4 is 65.1 Å². The summed E-state index contributed by atoms with van der Waals surface area (Å²) in [5.41, 5.74) is 15.8. The molecule has 0 saturated carbocycles. The molecule has 0 aromatic rings. The predicted molar refractivity (Wildman–Crippen MR) is 227 cm³/mol. The molecule has 32 heteroatoms. The van der Waals surface area contributed by atoms with Crippen molar-refractivity contribution < 1.29 is 88.2 Å². The van der Waals surface area contributed by atoms with Gasteiger partial charge in [0.05, 0.1) is 52.5 Å². The van der Waals surface area contributed by atoms with Gasteiger partial charge in [-0.2, -0.15) is 0 Å². The fraction of sp³-hybridized carbons (Fsp3) is 0.639. The average Bonchev–Trinajstić information content (AvgIpc) is 3.79. The van der Waals surface area contributed by atoms with E-state index in [-0.39, 0.29) is 38.3 Å². The molecule has 0 bridgehead atoms. The number of carbonyl (C=O) groups is 12. The van der Waals surface area contributed by atoms with Crippen LogP contribution in [0.1, 0.15) is 39.0 Å². The minimum Gasteiger partial charge on any atom is -0.481 e. The van der Waals surface area contributed by atoms with Crippen LogP contribution in [0.15, 0.2) is 4.99 Å². The largest absolute Gasteiger partial charge is 0.481 e. The van der Waals surface area contributed by atoms with E-state index < -0.39 is 172 Å². The van der Waals surface area contributed by atoms with Crippen molar-refractivity contribution in [2.75, 3.05) is 59.2 Å². The number of nitrogens with two attached hydrogens (primary N) is 3. The molecule has 1 fully saturated rings. The van der Waals surface area contributed by atoms with Crippen molar-refractivity contribution >= 4 is 77.0 Å². The van der Waals surface area contributed by atoms with Gasteiger partial charge < -0.3 is 101 Å². The Morgan fingerprint density at radius 3 is 1.56 bits per heavy atom. The highest BCUT2D eigenvalue weighted by Crippen LogP contribution is 2.19. The third kappa shape index (κ3) is 20.5. The van der Waals surface area contributed by atoms with Gasteiger partial charge in [-0.15, -0.1) is 0 Å². The summed E-state index contributed by atoms with van der Waals surface area (Å²) < 4.78 is 0. The zero-order chi connectivity index (χ0) is 51.7. The maximum absolute atomic E-state index is 13.3. The Morgan fingerprint density at radius 2 is 1.07 bits per heavy atom. The Kier molecular flexibility index (Phi) is 26.0. The van der Waals surface area contributed by atoms with E-state index in [0.717, 1.165) is 4.90 Å². The number of nitrogens with one attached hydrogen (secondary N) is 9. The Morgan fingerprint density at radius 1 is 0.618 bits per heavy atom. The zero-order valence-electron chi connectivity index (χ0n) is 36.7. The Balaban J connectivity index is 2.98. The summed E-state index contributed by atoms with van der Waals surface area (Å²) in [6.45, 7) is -5.31. The summed E-state index contributed by atoms with van der Waals surface area (Å²) in [6, 6.07) is -12.7. The lowest BCUT2D eigenvalue weighted by atomic mass is 10.1. The number of carboxylic acids is 2. The first-order valence-corrected chi connectivity index (χ1v) is 20.6. The molecule has 382 valence electrons. The molecule has 1 saturated heterocycles. The Labute approximate surface area is 386 Å². The van der Waals surface area contributed by atoms with Gasteiger partial charge in [-0.05, 0) is 32.6 Å². The molecule has 0 aliphatic carbocycles. The van der Waals surface area contributed by atoms with E-state index in [2.05, 4.69) is 42.2 Å². The number of likely N-dealkylation sites (tertiary alicyclic amines) is 1. The van der Waals surface area contributed by atoms with Gasteiger partial charge >= 0.3 is 11.9 Å². The van der Waals surface area contributed by atoms with Crippen LogP contribution in [0.3, 0.4) is 0 Å². The second-order valence-electron chi connectivity index (χ2n) is 14.7. The summed E-state index contributed by atoms with van der Waals surface area (Å²) in [7, 11) is 0. The van der Waals surface area contributed by atoms with Gasteiger partial charge in [-0.1, -0.05) is 0 Å². The smallest absolute Gasteiger partial charge is 0.325 e. The second kappa shape index (κ2) is 30.1. The van der Waals surface area contributed by atoms with Crippen LogP contribution in [0.5, 0.6) is 0 Å². The van der Waals surface area contributed by atoms with Gasteiger partial charge in [0, 0.05) is 13.1 Å². The topological polar surface area (TPSA) is 528 Å². The number of aliphatic carboxylic acids is 2. The molecule has 0 aromatic heterocycles. The second-order valence-corrected chi connectivity index (χ2v) is 14.7. The van der Waals surface area contributed by atoms with Crippen LogP contribution in [0, 0.1) is 0 Å². The van der Waals surface area contributed by atoms with Crippen molar-refractivity contribution in [1.82, 2.24) is 52.8 Å². The van der Waals surface area contributed by atoms with Gasteiger partial charge in [0.15, 0.2) is 5.96 Å². The fourth-order valence-electron chi connectivity index (χ4n) is 5.94. The Hall–Kier alpha value is -7.29. The molecule has 10 amide bonds. The number of aliphatic hydroxyl groups excluding tert-OH is 4. The van der Waals surface area contributed by atoms with Gasteiger partial charge in [0.2, 0.25) is 59.1 Å². The normalized spacial score (nSPS) is 16.0. The average molecular weight is 977 g/mol. The summed E-state index contributed by atoms with van der Waals surface area (Å²) >= 11 is 0. The summed E-state index contributed by atoms with van der Waals surface area (Å²) in [5, 5.41) is 76.4. The van der Waals surface area contributed by atoms with Crippen LogP contribution >= 0.6 is 0 Å². The molecule has 68 heavy (non-hydrogen) atoms. The molecule has 0 unspecified atom stereocenters. The first-order chi connectivity index (χ1) is 32.0. The highest BCUT2D eigenvalue weighted by Gasteiger charge is 2.39. The highest BCUT2D eigenvalue weighted by molar-refractivity contribution is 5.98. The Bertz CT molecular complexity index is 1870. The van der Waals surface area contributed by atoms with E-state index in [1.54, 1.807) is 0 Å². The maximum atomic E-state index is 13.3. The number of aliphatic imine (C=N–C) groups is 1. The van der Waals surface area contributed by atoms with E-state index in [1.807, 2.05) is 10.6 Å². The van der Waals surface area contributed by atoms with Crippen LogP contribution in [0.25, 0.3) is 0 Å². The van der Waals surface area contributed by atoms with Gasteiger partial charge in [0.1, 0.15) is 48.3 Å². The molecule has 8 atom stereocenters. The van der Waals surface area contributed by atoms with Gasteiger partial charge in [-0.3, -0.25) is 62.5 Å². The number of nitrogens with zero attached hydrogens (tertiary/aromatic N) is 2. The first-order valence-electron chi connectivity index (χ1n) is 20.6. The number of carbonyl (C=O) groups excluding carboxylic acids is 10. The number of carboxylic acid groups (broad SMARTS) is 2. The van der Waals surface area contributed by atoms with Crippen LogP contribution in [0.4, 0.5) is 0 Å². The maximum Gasteiger partial charge on any atom is 0.325 e. The van der Waals surface area contributed by atoms with Crippen molar-refractivity contribution in [3.05, 3.63) is 0 Å². The molecule has 32 nitrogen and oxygen atoms in total. The lowest BCUT2D eigenvalue weighted by molar-refractivity contribution is -0.145. The van der Waals surface area contributed by atoms with E-state index in [9.17, 15) is 83.1 Å². The van der Waals surface area contributed by atoms with Crippen LogP contribution in [-0.2, 0) is 57.5 Å². The molecule has 1 heterocycles. The van der Waals surface area contributed by atoms with Crippen LogP contribution in [0.2, 0.25) is 0 Å². The molecule has 1 aliphatic rings. The molecule has 1 aliphatic heterocycles. The van der Waals surface area contributed by atoms with E-state index in [0.29, 0.717) is 6.42 Å². The zero-order valence-corrected chi connectivity index (χ0v) is 36.7. The highest BCUT2D eigenvalue weighted by atomic mass is 16.4. The summed E-state index contributed by atoms with van der Waals surface area (Å²) in [4.78, 5) is 155. The van der Waals surface area contributed by atoms with Crippen molar-refractivity contribution in [1.29, 1.82) is 0 Å². The molecule has 0 spiro atoms. The molecular weight excluding hydrogens is 916 g/mol. The minimum atomic E-state index is -1.90. The lowest BCUT2D eigenvalue weighted by Crippen LogP contribution is -2.59. The number of aliphatic hydroxyl groups is 4. The fourth-order valence-corrected chi connectivity index (χ4v) is 5.94. The van der Waals surface area contributed by atoms with Gasteiger partial charge in [0.25, 0.3) is 0 Å². The van der Waals surface area contributed by atoms with Crippen molar-refractivity contribution in [3.63, 3.8) is 0 Å². The third-order valence-electron chi connectivity index (χ3n) is 9.49. The quantitative estimate of drug-likeness (QED) is 0.0180. The number of rotatable bonds is 30. The number of guanidine groups is 1. The molecule has 21 N–H and O–H groups in total. The van der Waals surface area contributed by atoms with E-state index in [4.69, 9.17) is 22.3 Å². The SMILES string of the molecule is C[C@H](NC(=O)[C@@H]1CCCN1C(=O)[C@H](CO)NC(=O)[C@H](CC(=O)O)NC(=O)CNC(=O)[C@H](CCCN=C(N)N)NC(=O)CNC(=O)[C@H](CO)NC(=O)[C@H](CO)NC(=O)[C@H](CO)NC(=O)CN)C(=O)O. The number of hydrogen-bond donors (Lipinski definition) is 18. The van der Waals surface area contributed by atoms with Crippen molar-refractivity contribution in [2.24, 2.45) is 22.2 Å². The monoisotopic (exact) mass is 976 g/mol. The first kappa shape index (κ1) is 58.7. The summed E-state index contributed by atoms with van der Waals surface area (Å²) in [6.07, 6.45) is -0.783. The summed E-state index contributed by atoms with van der Waals surface area (Å²) in [5.74, 6) is -13.8. The number of amides is 10. The van der Waals surface area contributed by atoms with Crippen molar-refractivity contribution in [3.8, 4) is 0 Å². The van der Waals surface area contributed by atoms with E-state index >= 15 is 0 Å². The molecule has 0 aromatic carbocycles. The van der Waals surface area contributed by atoms with E-state index in [1.165, 1.54) is 6.92 Å². The number of hydrogen-bond acceptors (Lipinski definition) is 18. The van der Waals surface area contributed by atoms with Gasteiger partial charge in [-0.25, -0.2) is 0 Å². The molecular formula is C36H60N14O18. The van der Waals surface area contributed by atoms with Crippen LogP contribution in [-0.4, -0.2) is 220 Å².